The molecular formula is C28H31N3O7S. The van der Waals surface area contributed by atoms with Gasteiger partial charge in [-0.1, -0.05) is 42.5 Å². The number of carbonyl (C=O) groups is 4. The van der Waals surface area contributed by atoms with E-state index in [0.29, 0.717) is 11.1 Å². The average molecular weight is 554 g/mol. The monoisotopic (exact) mass is 553 g/mol. The molecule has 39 heavy (non-hydrogen) atoms. The quantitative estimate of drug-likeness (QED) is 0.210. The van der Waals surface area contributed by atoms with Crippen LogP contribution in [-0.2, 0) is 25.5 Å². The first-order valence-corrected chi connectivity index (χ1v) is 13.2. The number of hydrazine groups is 1. The number of rotatable bonds is 11. The fraction of sp³-hybridized carbons (Fsp3) is 0.286. The smallest absolute Gasteiger partial charge is 0.432 e. The molecule has 0 fully saturated rings. The van der Waals surface area contributed by atoms with Gasteiger partial charge in [0.2, 0.25) is 5.91 Å². The Kier molecular flexibility index (Phi) is 11.0. The summed E-state index contributed by atoms with van der Waals surface area (Å²) in [5.74, 6) is -1.51. The third-order valence-electron chi connectivity index (χ3n) is 5.70. The molecule has 2 atom stereocenters. The molecule has 206 valence electrons. The molecular weight excluding hydrogens is 522 g/mol. The minimum atomic E-state index is -1.23. The lowest BCUT2D eigenvalue weighted by molar-refractivity contribution is -0.134. The summed E-state index contributed by atoms with van der Waals surface area (Å²) in [5, 5.41) is 13.7. The van der Waals surface area contributed by atoms with Crippen LogP contribution in [0.4, 0.5) is 4.79 Å². The van der Waals surface area contributed by atoms with E-state index in [1.165, 1.54) is 6.92 Å². The number of amides is 3. The molecule has 1 heterocycles. The number of hydrogen-bond donors (Lipinski definition) is 4. The molecule has 0 bridgehead atoms. The number of thiophene rings is 1. The highest BCUT2D eigenvalue weighted by atomic mass is 32.1. The SMILES string of the molecule is CC(OC(=O)OCCO)C(=O)NNC(=O)CCc1ccccc1C(=O)N[C@H](C)c1cccc(-c2cccs2)c1. The van der Waals surface area contributed by atoms with Gasteiger partial charge in [0.15, 0.2) is 6.10 Å². The normalized spacial score (nSPS) is 12.1. The standard InChI is InChI=1S/C28H31N3O7S/c1-18(21-8-5-9-22(17-21)24-11-6-16-39-24)29-27(35)23-10-4-3-7-20(23)12-13-25(33)30-31-26(34)19(2)38-28(36)37-15-14-32/h3-11,16-19,32H,12-15H2,1-2H3,(H,29,35)(H,30,33)(H,31,34)/t18-,19?/m1/s1. The Hall–Kier alpha value is -4.22. The van der Waals surface area contributed by atoms with Crippen molar-refractivity contribution in [2.24, 2.45) is 0 Å². The zero-order valence-electron chi connectivity index (χ0n) is 21.6. The first-order valence-electron chi connectivity index (χ1n) is 12.3. The topological polar surface area (TPSA) is 143 Å². The summed E-state index contributed by atoms with van der Waals surface area (Å²) >= 11 is 1.65. The van der Waals surface area contributed by atoms with E-state index in [1.54, 1.807) is 35.6 Å². The van der Waals surface area contributed by atoms with E-state index < -0.39 is 24.1 Å². The highest BCUT2D eigenvalue weighted by Gasteiger charge is 2.20. The van der Waals surface area contributed by atoms with Crippen LogP contribution in [0.25, 0.3) is 10.4 Å². The highest BCUT2D eigenvalue weighted by Crippen LogP contribution is 2.27. The maximum Gasteiger partial charge on any atom is 0.509 e. The Balaban J connectivity index is 1.52. The second-order valence-electron chi connectivity index (χ2n) is 8.57. The van der Waals surface area contributed by atoms with E-state index in [4.69, 9.17) is 9.84 Å². The summed E-state index contributed by atoms with van der Waals surface area (Å²) in [6.07, 6.45) is -2.09. The molecule has 0 aliphatic heterocycles. The predicted molar refractivity (Wildman–Crippen MR) is 146 cm³/mol. The van der Waals surface area contributed by atoms with Gasteiger partial charge >= 0.3 is 6.16 Å². The molecule has 2 aromatic carbocycles. The van der Waals surface area contributed by atoms with E-state index in [1.807, 2.05) is 36.6 Å². The molecule has 0 saturated heterocycles. The van der Waals surface area contributed by atoms with Gasteiger partial charge in [0.25, 0.3) is 11.8 Å². The van der Waals surface area contributed by atoms with Crippen molar-refractivity contribution in [2.75, 3.05) is 13.2 Å². The van der Waals surface area contributed by atoms with E-state index in [0.717, 1.165) is 16.0 Å². The molecule has 0 aliphatic carbocycles. The van der Waals surface area contributed by atoms with E-state index in [9.17, 15) is 19.2 Å². The lowest BCUT2D eigenvalue weighted by atomic mass is 10.0. The first kappa shape index (κ1) is 29.3. The summed E-state index contributed by atoms with van der Waals surface area (Å²) in [6.45, 7) is 2.59. The van der Waals surface area contributed by atoms with Crippen LogP contribution in [-0.4, -0.2) is 48.3 Å². The summed E-state index contributed by atoms with van der Waals surface area (Å²) in [7, 11) is 0. The molecule has 3 aromatic rings. The van der Waals surface area contributed by atoms with Crippen LogP contribution < -0.4 is 16.2 Å². The number of nitrogens with one attached hydrogen (secondary N) is 3. The van der Waals surface area contributed by atoms with E-state index in [2.05, 4.69) is 33.0 Å². The van der Waals surface area contributed by atoms with Gasteiger partial charge in [0.05, 0.1) is 12.6 Å². The number of benzene rings is 2. The number of ether oxygens (including phenoxy) is 2. The van der Waals surface area contributed by atoms with E-state index >= 15 is 0 Å². The van der Waals surface area contributed by atoms with Gasteiger partial charge < -0.3 is 19.9 Å². The molecule has 10 nitrogen and oxygen atoms in total. The van der Waals surface area contributed by atoms with Crippen molar-refractivity contribution in [3.63, 3.8) is 0 Å². The number of carbonyl (C=O) groups excluding carboxylic acids is 4. The van der Waals surface area contributed by atoms with Crippen molar-refractivity contribution < 1.29 is 33.8 Å². The summed E-state index contributed by atoms with van der Waals surface area (Å²) in [6, 6.07) is 18.9. The molecule has 1 unspecified atom stereocenters. The number of aryl methyl sites for hydroxylation is 1. The highest BCUT2D eigenvalue weighted by molar-refractivity contribution is 7.13. The van der Waals surface area contributed by atoms with Gasteiger partial charge in [-0.25, -0.2) is 4.79 Å². The van der Waals surface area contributed by atoms with Gasteiger partial charge in [-0.15, -0.1) is 11.3 Å². The van der Waals surface area contributed by atoms with Crippen LogP contribution in [0.5, 0.6) is 0 Å². The molecule has 3 rings (SSSR count). The Morgan fingerprint density at radius 1 is 0.974 bits per heavy atom. The Bertz CT molecular complexity index is 1280. The summed E-state index contributed by atoms with van der Waals surface area (Å²) in [5.41, 5.74) is 7.63. The van der Waals surface area contributed by atoms with Crippen LogP contribution in [0, 0.1) is 0 Å². The van der Waals surface area contributed by atoms with Crippen molar-refractivity contribution >= 4 is 35.2 Å². The zero-order chi connectivity index (χ0) is 28.2. The third-order valence-corrected chi connectivity index (χ3v) is 6.62. The molecule has 4 N–H and O–H groups in total. The molecule has 1 aromatic heterocycles. The zero-order valence-corrected chi connectivity index (χ0v) is 22.5. The summed E-state index contributed by atoms with van der Waals surface area (Å²) < 4.78 is 9.24. The van der Waals surface area contributed by atoms with Crippen molar-refractivity contribution in [1.82, 2.24) is 16.2 Å². The van der Waals surface area contributed by atoms with Crippen LogP contribution in [0.1, 0.15) is 47.8 Å². The molecule has 11 heteroatoms. The lowest BCUT2D eigenvalue weighted by Crippen LogP contribution is -2.46. The van der Waals surface area contributed by atoms with Gasteiger partial charge in [-0.05, 0) is 60.5 Å². The molecule has 0 radical (unpaired) electrons. The third kappa shape index (κ3) is 8.94. The number of aliphatic hydroxyl groups is 1. The minimum Gasteiger partial charge on any atom is -0.432 e. The van der Waals surface area contributed by atoms with Gasteiger partial charge in [0.1, 0.15) is 6.61 Å². The molecule has 0 spiro atoms. The Morgan fingerprint density at radius 3 is 2.51 bits per heavy atom. The fourth-order valence-corrected chi connectivity index (χ4v) is 4.35. The maximum absolute atomic E-state index is 13.1. The summed E-state index contributed by atoms with van der Waals surface area (Å²) in [4.78, 5) is 49.9. The van der Waals surface area contributed by atoms with E-state index in [-0.39, 0.29) is 38.0 Å². The van der Waals surface area contributed by atoms with Crippen molar-refractivity contribution in [3.05, 3.63) is 82.7 Å². The molecule has 0 aliphatic rings. The largest absolute Gasteiger partial charge is 0.509 e. The van der Waals surface area contributed by atoms with Gasteiger partial charge in [0, 0.05) is 16.9 Å². The van der Waals surface area contributed by atoms with Crippen LogP contribution in [0.3, 0.4) is 0 Å². The molecule has 3 amide bonds. The lowest BCUT2D eigenvalue weighted by Gasteiger charge is -2.17. The fourth-order valence-electron chi connectivity index (χ4n) is 3.63. The van der Waals surface area contributed by atoms with Gasteiger partial charge in [-0.3, -0.25) is 25.2 Å². The average Bonchev–Trinajstić information content (AvgIpc) is 3.49. The number of hydrogen-bond acceptors (Lipinski definition) is 8. The minimum absolute atomic E-state index is 0.00321. The Morgan fingerprint density at radius 2 is 1.77 bits per heavy atom. The van der Waals surface area contributed by atoms with Crippen LogP contribution in [0.15, 0.2) is 66.0 Å². The second-order valence-corrected chi connectivity index (χ2v) is 9.52. The molecule has 0 saturated carbocycles. The van der Waals surface area contributed by atoms with Crippen LogP contribution >= 0.6 is 11.3 Å². The predicted octanol–water partition coefficient (Wildman–Crippen LogP) is 3.52. The Labute approximate surface area is 230 Å². The van der Waals surface area contributed by atoms with Crippen molar-refractivity contribution in [3.8, 4) is 10.4 Å². The maximum atomic E-state index is 13.1. The van der Waals surface area contributed by atoms with Crippen LogP contribution in [0.2, 0.25) is 0 Å². The number of aliphatic hydroxyl groups excluding tert-OH is 1. The first-order chi connectivity index (χ1) is 18.8. The second kappa shape index (κ2) is 14.6. The van der Waals surface area contributed by atoms with Crippen molar-refractivity contribution in [2.45, 2.75) is 38.8 Å². The van der Waals surface area contributed by atoms with Gasteiger partial charge in [-0.2, -0.15) is 0 Å². The van der Waals surface area contributed by atoms with Crippen molar-refractivity contribution in [1.29, 1.82) is 0 Å².